The number of carbonyl (C=O) groups excluding carboxylic acids is 1. The zero-order valence-corrected chi connectivity index (χ0v) is 14.1. The number of amides is 2. The minimum Gasteiger partial charge on any atom is -0.322 e. The predicted octanol–water partition coefficient (Wildman–Crippen LogP) is 2.40. The van der Waals surface area contributed by atoms with Gasteiger partial charge in [0.25, 0.3) is 0 Å². The normalized spacial score (nSPS) is 15.5. The lowest BCUT2D eigenvalue weighted by molar-refractivity contribution is 0.164. The molecule has 1 aliphatic heterocycles. The lowest BCUT2D eigenvalue weighted by atomic mass is 10.1. The van der Waals surface area contributed by atoms with Crippen molar-refractivity contribution in [3.8, 4) is 11.1 Å². The molecule has 1 aromatic carbocycles. The van der Waals surface area contributed by atoms with Gasteiger partial charge in [-0.25, -0.2) is 9.78 Å². The van der Waals surface area contributed by atoms with E-state index in [4.69, 9.17) is 0 Å². The first-order valence-electron chi connectivity index (χ1n) is 8.32. The van der Waals surface area contributed by atoms with Gasteiger partial charge in [-0.1, -0.05) is 12.1 Å². The van der Waals surface area contributed by atoms with Gasteiger partial charge < -0.3 is 9.80 Å². The van der Waals surface area contributed by atoms with Gasteiger partial charge in [0.2, 0.25) is 0 Å². The van der Waals surface area contributed by atoms with Gasteiger partial charge in [-0.3, -0.25) is 10.4 Å². The van der Waals surface area contributed by atoms with Crippen molar-refractivity contribution in [1.29, 1.82) is 0 Å². The maximum Gasteiger partial charge on any atom is 0.323 e. The summed E-state index contributed by atoms with van der Waals surface area (Å²) in [6, 6.07) is 7.96. The lowest BCUT2D eigenvalue weighted by Crippen LogP contribution is -2.48. The van der Waals surface area contributed by atoms with E-state index in [0.29, 0.717) is 5.82 Å². The summed E-state index contributed by atoms with van der Waals surface area (Å²) in [6.07, 6.45) is 5.44. The topological polar surface area (TPSA) is 77.1 Å². The van der Waals surface area contributed by atoms with Gasteiger partial charge >= 0.3 is 6.03 Å². The average molecular weight is 336 g/mol. The van der Waals surface area contributed by atoms with Crippen molar-refractivity contribution in [1.82, 2.24) is 25.0 Å². The van der Waals surface area contributed by atoms with E-state index in [0.717, 1.165) is 48.1 Å². The van der Waals surface area contributed by atoms with Crippen molar-refractivity contribution in [2.24, 2.45) is 0 Å². The number of aromatic amines is 1. The zero-order valence-electron chi connectivity index (χ0n) is 14.1. The van der Waals surface area contributed by atoms with E-state index in [-0.39, 0.29) is 6.03 Å². The third-order valence-electron chi connectivity index (χ3n) is 4.58. The Labute approximate surface area is 145 Å². The largest absolute Gasteiger partial charge is 0.323 e. The number of fused-ring (bicyclic) bond motifs is 1. The molecule has 0 atom stereocenters. The Bertz CT molecular complexity index is 884. The molecule has 0 bridgehead atoms. The quantitative estimate of drug-likeness (QED) is 0.753. The number of hydrogen-bond acceptors (Lipinski definition) is 4. The predicted molar refractivity (Wildman–Crippen MR) is 97.4 cm³/mol. The van der Waals surface area contributed by atoms with Gasteiger partial charge in [-0.05, 0) is 30.1 Å². The number of piperazine rings is 1. The van der Waals surface area contributed by atoms with Crippen LogP contribution in [0.2, 0.25) is 0 Å². The molecule has 1 fully saturated rings. The van der Waals surface area contributed by atoms with Crippen LogP contribution in [0.1, 0.15) is 0 Å². The summed E-state index contributed by atoms with van der Waals surface area (Å²) in [4.78, 5) is 20.8. The molecule has 7 nitrogen and oxygen atoms in total. The minimum atomic E-state index is -0.0917. The van der Waals surface area contributed by atoms with Gasteiger partial charge in [-0.15, -0.1) is 0 Å². The molecular weight excluding hydrogens is 316 g/mol. The zero-order chi connectivity index (χ0) is 17.2. The first kappa shape index (κ1) is 15.6. The molecular formula is C18H20N6O. The number of urea groups is 1. The van der Waals surface area contributed by atoms with Gasteiger partial charge in [0.05, 0.1) is 6.20 Å². The highest BCUT2D eigenvalue weighted by Crippen LogP contribution is 2.24. The SMILES string of the molecule is CN1CCN(C(=O)Nc2cc3cc(-c4cn[nH]c4)ccc3cn2)CC1. The molecule has 0 unspecified atom stereocenters. The van der Waals surface area contributed by atoms with Crippen molar-refractivity contribution in [2.75, 3.05) is 38.5 Å². The Hall–Kier alpha value is -2.93. The Morgan fingerprint density at radius 2 is 1.92 bits per heavy atom. The van der Waals surface area contributed by atoms with Crippen LogP contribution in [-0.4, -0.2) is 64.2 Å². The fraction of sp³-hybridized carbons (Fsp3) is 0.278. The second kappa shape index (κ2) is 6.52. The van der Waals surface area contributed by atoms with Crippen molar-refractivity contribution in [2.45, 2.75) is 0 Å². The molecule has 0 aliphatic carbocycles. The van der Waals surface area contributed by atoms with Crippen LogP contribution in [0.5, 0.6) is 0 Å². The lowest BCUT2D eigenvalue weighted by Gasteiger charge is -2.32. The molecule has 3 aromatic rings. The highest BCUT2D eigenvalue weighted by Gasteiger charge is 2.19. The van der Waals surface area contributed by atoms with E-state index >= 15 is 0 Å². The van der Waals surface area contributed by atoms with Gasteiger partial charge in [0.15, 0.2) is 0 Å². The summed E-state index contributed by atoms with van der Waals surface area (Å²) >= 11 is 0. The number of hydrogen-bond donors (Lipinski definition) is 2. The van der Waals surface area contributed by atoms with Crippen LogP contribution in [0.15, 0.2) is 42.9 Å². The third kappa shape index (κ3) is 3.32. The van der Waals surface area contributed by atoms with Crippen LogP contribution in [0, 0.1) is 0 Å². The molecule has 0 radical (unpaired) electrons. The summed E-state index contributed by atoms with van der Waals surface area (Å²) in [5.41, 5.74) is 2.10. The summed E-state index contributed by atoms with van der Waals surface area (Å²) in [5, 5.41) is 11.8. The summed E-state index contributed by atoms with van der Waals surface area (Å²) in [6.45, 7) is 3.26. The summed E-state index contributed by atoms with van der Waals surface area (Å²) in [5.74, 6) is 0.570. The molecule has 1 aliphatic rings. The number of pyridine rings is 1. The van der Waals surface area contributed by atoms with Gasteiger partial charge in [0.1, 0.15) is 5.82 Å². The number of carbonyl (C=O) groups is 1. The Kier molecular flexibility index (Phi) is 4.07. The number of anilines is 1. The second-order valence-electron chi connectivity index (χ2n) is 6.34. The van der Waals surface area contributed by atoms with E-state index in [9.17, 15) is 4.79 Å². The molecule has 3 heterocycles. The number of nitrogens with one attached hydrogen (secondary N) is 2. The van der Waals surface area contributed by atoms with Crippen LogP contribution in [0.3, 0.4) is 0 Å². The number of nitrogens with zero attached hydrogens (tertiary/aromatic N) is 4. The van der Waals surface area contributed by atoms with E-state index in [1.54, 1.807) is 12.4 Å². The number of likely N-dealkylation sites (N-methyl/N-ethyl adjacent to an activating group) is 1. The molecule has 0 spiro atoms. The van der Waals surface area contributed by atoms with Gasteiger partial charge in [0, 0.05) is 49.5 Å². The first-order valence-corrected chi connectivity index (χ1v) is 8.32. The van der Waals surface area contributed by atoms with Crippen LogP contribution in [0.4, 0.5) is 10.6 Å². The van der Waals surface area contributed by atoms with Crippen molar-refractivity contribution in [3.63, 3.8) is 0 Å². The Morgan fingerprint density at radius 3 is 2.68 bits per heavy atom. The fourth-order valence-electron chi connectivity index (χ4n) is 3.00. The van der Waals surface area contributed by atoms with Crippen LogP contribution < -0.4 is 5.32 Å². The molecule has 7 heteroatoms. The molecule has 4 rings (SSSR count). The molecule has 128 valence electrons. The molecule has 2 aromatic heterocycles. The van der Waals surface area contributed by atoms with E-state index in [2.05, 4.69) is 38.5 Å². The standard InChI is InChI=1S/C18H20N6O/c1-23-4-6-24(7-5-23)18(25)22-17-9-15-8-13(16-11-20-21-12-16)2-3-14(15)10-19-17/h2-3,8-12H,4-7H2,1H3,(H,20,21)(H,19,22,25). The Morgan fingerprint density at radius 1 is 1.08 bits per heavy atom. The maximum absolute atomic E-state index is 12.4. The van der Waals surface area contributed by atoms with E-state index in [1.165, 1.54) is 0 Å². The average Bonchev–Trinajstić information content (AvgIpc) is 3.16. The summed E-state index contributed by atoms with van der Waals surface area (Å²) in [7, 11) is 2.07. The molecule has 25 heavy (non-hydrogen) atoms. The minimum absolute atomic E-state index is 0.0917. The van der Waals surface area contributed by atoms with Crippen molar-refractivity contribution in [3.05, 3.63) is 42.9 Å². The highest BCUT2D eigenvalue weighted by atomic mass is 16.2. The smallest absolute Gasteiger partial charge is 0.322 e. The van der Waals surface area contributed by atoms with Crippen molar-refractivity contribution < 1.29 is 4.79 Å². The number of rotatable bonds is 2. The molecule has 0 saturated carbocycles. The molecule has 2 amide bonds. The second-order valence-corrected chi connectivity index (χ2v) is 6.34. The number of H-pyrrole nitrogens is 1. The number of benzene rings is 1. The fourth-order valence-corrected chi connectivity index (χ4v) is 3.00. The Balaban J connectivity index is 1.54. The van der Waals surface area contributed by atoms with Crippen LogP contribution >= 0.6 is 0 Å². The number of aromatic nitrogens is 3. The summed E-state index contributed by atoms with van der Waals surface area (Å²) < 4.78 is 0. The monoisotopic (exact) mass is 336 g/mol. The molecule has 2 N–H and O–H groups in total. The van der Waals surface area contributed by atoms with Crippen molar-refractivity contribution >= 4 is 22.6 Å². The van der Waals surface area contributed by atoms with Crippen LogP contribution in [-0.2, 0) is 0 Å². The highest BCUT2D eigenvalue weighted by molar-refractivity contribution is 5.93. The molecule has 1 saturated heterocycles. The first-order chi connectivity index (χ1) is 12.2. The van der Waals surface area contributed by atoms with Gasteiger partial charge in [-0.2, -0.15) is 5.10 Å². The van der Waals surface area contributed by atoms with E-state index in [1.807, 2.05) is 29.3 Å². The third-order valence-corrected chi connectivity index (χ3v) is 4.58. The maximum atomic E-state index is 12.4. The van der Waals surface area contributed by atoms with Crippen LogP contribution in [0.25, 0.3) is 21.9 Å². The van der Waals surface area contributed by atoms with E-state index < -0.39 is 0 Å².